The third kappa shape index (κ3) is 5.39. The first-order chi connectivity index (χ1) is 11.6. The number of carbonyl (C=O) groups is 1. The van der Waals surface area contributed by atoms with Gasteiger partial charge in [-0.25, -0.2) is 0 Å². The van der Waals surface area contributed by atoms with Crippen molar-refractivity contribution in [1.29, 1.82) is 0 Å². The summed E-state index contributed by atoms with van der Waals surface area (Å²) in [5.74, 6) is 0.917. The van der Waals surface area contributed by atoms with Crippen LogP contribution in [-0.2, 0) is 11.2 Å². The van der Waals surface area contributed by atoms with Crippen LogP contribution in [0.4, 0.5) is 0 Å². The molecule has 2 rings (SSSR count). The van der Waals surface area contributed by atoms with E-state index in [1.807, 2.05) is 26.0 Å². The molecule has 2 aromatic carbocycles. The van der Waals surface area contributed by atoms with Crippen molar-refractivity contribution in [2.24, 2.45) is 0 Å². The second-order valence-electron chi connectivity index (χ2n) is 5.86. The highest BCUT2D eigenvalue weighted by Crippen LogP contribution is 2.23. The molecule has 0 aromatic heterocycles. The Morgan fingerprint density at radius 2 is 1.62 bits per heavy atom. The summed E-state index contributed by atoms with van der Waals surface area (Å²) in [4.78, 5) is 11.6. The van der Waals surface area contributed by atoms with Gasteiger partial charge in [0.15, 0.2) is 0 Å². The minimum absolute atomic E-state index is 0.0241. The van der Waals surface area contributed by atoms with E-state index in [1.54, 1.807) is 7.05 Å². The van der Waals surface area contributed by atoms with Crippen LogP contribution in [-0.4, -0.2) is 32.1 Å². The topological polar surface area (TPSA) is 50.4 Å². The third-order valence-corrected chi connectivity index (χ3v) is 3.74. The lowest BCUT2D eigenvalue weighted by atomic mass is 10.0. The number of carbonyl (C=O) groups excluding carboxylic acids is 1. The lowest BCUT2D eigenvalue weighted by Gasteiger charge is -2.14. The lowest BCUT2D eigenvalue weighted by Crippen LogP contribution is -2.39. The number of benzene rings is 2. The molecule has 0 heterocycles. The van der Waals surface area contributed by atoms with Gasteiger partial charge < -0.3 is 15.4 Å². The number of ether oxygens (including phenoxy) is 1. The highest BCUT2D eigenvalue weighted by atomic mass is 16.5. The van der Waals surface area contributed by atoms with Gasteiger partial charge in [-0.1, -0.05) is 36.4 Å². The molecule has 0 bridgehead atoms. The molecule has 4 heteroatoms. The SMILES string of the molecule is CCOc1ccc(-c2ccc(CC(C)NC(=O)CNC)cc2)cc1. The molecule has 2 N–H and O–H groups in total. The summed E-state index contributed by atoms with van der Waals surface area (Å²) in [7, 11) is 1.77. The van der Waals surface area contributed by atoms with E-state index < -0.39 is 0 Å². The van der Waals surface area contributed by atoms with Crippen molar-refractivity contribution in [3.8, 4) is 16.9 Å². The summed E-state index contributed by atoms with van der Waals surface area (Å²) in [6.45, 7) is 5.03. The second-order valence-corrected chi connectivity index (χ2v) is 5.86. The molecule has 1 amide bonds. The minimum atomic E-state index is 0.0241. The number of rotatable bonds is 8. The Balaban J connectivity index is 1.96. The quantitative estimate of drug-likeness (QED) is 0.784. The van der Waals surface area contributed by atoms with E-state index in [4.69, 9.17) is 4.74 Å². The van der Waals surface area contributed by atoms with Gasteiger partial charge in [0.05, 0.1) is 13.2 Å². The Labute approximate surface area is 144 Å². The summed E-state index contributed by atoms with van der Waals surface area (Å²) >= 11 is 0. The molecule has 0 aliphatic heterocycles. The van der Waals surface area contributed by atoms with E-state index in [2.05, 4.69) is 47.0 Å². The molecule has 1 unspecified atom stereocenters. The zero-order valence-corrected chi connectivity index (χ0v) is 14.6. The average Bonchev–Trinajstić information content (AvgIpc) is 2.57. The molecular formula is C20H26N2O2. The fourth-order valence-electron chi connectivity index (χ4n) is 2.63. The average molecular weight is 326 g/mol. The summed E-state index contributed by atoms with van der Waals surface area (Å²) in [5, 5.41) is 5.83. The molecular weight excluding hydrogens is 300 g/mol. The monoisotopic (exact) mass is 326 g/mol. The molecule has 0 radical (unpaired) electrons. The first kappa shape index (κ1) is 18.0. The maximum absolute atomic E-state index is 11.6. The lowest BCUT2D eigenvalue weighted by molar-refractivity contribution is -0.120. The van der Waals surface area contributed by atoms with E-state index in [1.165, 1.54) is 16.7 Å². The zero-order valence-electron chi connectivity index (χ0n) is 14.6. The summed E-state index contributed by atoms with van der Waals surface area (Å²) in [6.07, 6.45) is 0.818. The second kappa shape index (κ2) is 9.08. The van der Waals surface area contributed by atoms with E-state index in [0.29, 0.717) is 13.2 Å². The molecule has 4 nitrogen and oxygen atoms in total. The van der Waals surface area contributed by atoms with Crippen LogP contribution in [0, 0.1) is 0 Å². The Kier molecular flexibility index (Phi) is 6.82. The van der Waals surface area contributed by atoms with E-state index in [9.17, 15) is 4.79 Å². The van der Waals surface area contributed by atoms with Gasteiger partial charge in [0.1, 0.15) is 5.75 Å². The third-order valence-electron chi connectivity index (χ3n) is 3.74. The largest absolute Gasteiger partial charge is 0.494 e. The Hall–Kier alpha value is -2.33. The number of hydrogen-bond acceptors (Lipinski definition) is 3. The Morgan fingerprint density at radius 3 is 2.17 bits per heavy atom. The van der Waals surface area contributed by atoms with Crippen molar-refractivity contribution >= 4 is 5.91 Å². The highest BCUT2D eigenvalue weighted by molar-refractivity contribution is 5.78. The van der Waals surface area contributed by atoms with Crippen LogP contribution in [0.25, 0.3) is 11.1 Å². The number of amides is 1. The number of hydrogen-bond donors (Lipinski definition) is 2. The van der Waals surface area contributed by atoms with Crippen molar-refractivity contribution in [1.82, 2.24) is 10.6 Å². The maximum atomic E-state index is 11.6. The first-order valence-corrected chi connectivity index (χ1v) is 8.38. The normalized spacial score (nSPS) is 11.8. The summed E-state index contributed by atoms with van der Waals surface area (Å²) < 4.78 is 5.47. The fraction of sp³-hybridized carbons (Fsp3) is 0.350. The first-order valence-electron chi connectivity index (χ1n) is 8.38. The van der Waals surface area contributed by atoms with Gasteiger partial charge in [-0.2, -0.15) is 0 Å². The molecule has 0 saturated heterocycles. The van der Waals surface area contributed by atoms with Gasteiger partial charge in [-0.05, 0) is 56.1 Å². The van der Waals surface area contributed by atoms with Gasteiger partial charge in [0.25, 0.3) is 0 Å². The predicted octanol–water partition coefficient (Wildman–Crippen LogP) is 3.02. The standard InChI is InChI=1S/C20H26N2O2/c1-4-24-19-11-9-18(10-12-19)17-7-5-16(6-8-17)13-15(2)22-20(23)14-21-3/h5-12,15,21H,4,13-14H2,1-3H3,(H,22,23). The van der Waals surface area contributed by atoms with Crippen LogP contribution in [0.1, 0.15) is 19.4 Å². The Morgan fingerprint density at radius 1 is 1.04 bits per heavy atom. The van der Waals surface area contributed by atoms with Crippen LogP contribution in [0.5, 0.6) is 5.75 Å². The van der Waals surface area contributed by atoms with Crippen LogP contribution in [0.2, 0.25) is 0 Å². The van der Waals surface area contributed by atoms with Gasteiger partial charge in [0, 0.05) is 6.04 Å². The summed E-state index contributed by atoms with van der Waals surface area (Å²) in [5.41, 5.74) is 3.55. The molecule has 24 heavy (non-hydrogen) atoms. The minimum Gasteiger partial charge on any atom is -0.494 e. The van der Waals surface area contributed by atoms with Crippen molar-refractivity contribution in [3.05, 3.63) is 54.1 Å². The zero-order chi connectivity index (χ0) is 17.4. The van der Waals surface area contributed by atoms with Crippen molar-refractivity contribution in [2.45, 2.75) is 26.3 Å². The number of likely N-dealkylation sites (N-methyl/N-ethyl adjacent to an activating group) is 1. The van der Waals surface area contributed by atoms with Gasteiger partial charge in [-0.3, -0.25) is 4.79 Å². The molecule has 128 valence electrons. The van der Waals surface area contributed by atoms with E-state index in [0.717, 1.165) is 12.2 Å². The van der Waals surface area contributed by atoms with Crippen molar-refractivity contribution in [2.75, 3.05) is 20.2 Å². The molecule has 0 spiro atoms. The van der Waals surface area contributed by atoms with Gasteiger partial charge in [-0.15, -0.1) is 0 Å². The van der Waals surface area contributed by atoms with Crippen molar-refractivity contribution in [3.63, 3.8) is 0 Å². The van der Waals surface area contributed by atoms with Crippen molar-refractivity contribution < 1.29 is 9.53 Å². The van der Waals surface area contributed by atoms with Crippen LogP contribution >= 0.6 is 0 Å². The predicted molar refractivity (Wildman–Crippen MR) is 98.3 cm³/mol. The van der Waals surface area contributed by atoms with Crippen LogP contribution in [0.3, 0.4) is 0 Å². The molecule has 2 aromatic rings. The molecule has 0 aliphatic carbocycles. The maximum Gasteiger partial charge on any atom is 0.234 e. The summed E-state index contributed by atoms with van der Waals surface area (Å²) in [6, 6.07) is 16.7. The molecule has 0 fully saturated rings. The van der Waals surface area contributed by atoms with Crippen LogP contribution in [0.15, 0.2) is 48.5 Å². The van der Waals surface area contributed by atoms with Gasteiger partial charge in [0.2, 0.25) is 5.91 Å². The van der Waals surface area contributed by atoms with E-state index in [-0.39, 0.29) is 11.9 Å². The van der Waals surface area contributed by atoms with E-state index >= 15 is 0 Å². The van der Waals surface area contributed by atoms with Gasteiger partial charge >= 0.3 is 0 Å². The molecule has 0 aliphatic rings. The number of nitrogens with one attached hydrogen (secondary N) is 2. The Bertz CT molecular complexity index is 636. The smallest absolute Gasteiger partial charge is 0.234 e. The fourth-order valence-corrected chi connectivity index (χ4v) is 2.63. The van der Waals surface area contributed by atoms with Crippen LogP contribution < -0.4 is 15.4 Å². The molecule has 1 atom stereocenters. The molecule has 0 saturated carbocycles. The highest BCUT2D eigenvalue weighted by Gasteiger charge is 2.07.